The molecule has 78 valence electrons. The van der Waals surface area contributed by atoms with Crippen molar-refractivity contribution in [2.24, 2.45) is 5.73 Å². The van der Waals surface area contributed by atoms with Crippen molar-refractivity contribution in [1.82, 2.24) is 0 Å². The first kappa shape index (κ1) is 11.0. The average molecular weight is 205 g/mol. The summed E-state index contributed by atoms with van der Waals surface area (Å²) in [6, 6.07) is 1.18. The van der Waals surface area contributed by atoms with Gasteiger partial charge in [0.1, 0.15) is 5.82 Å². The lowest BCUT2D eigenvalue weighted by Gasteiger charge is -2.08. The molecule has 0 saturated heterocycles. The molecular weight excluding hydrogens is 195 g/mol. The summed E-state index contributed by atoms with van der Waals surface area (Å²) in [5.41, 5.74) is 5.02. The van der Waals surface area contributed by atoms with E-state index in [4.69, 9.17) is 10.8 Å². The standard InChI is InChI=1S/C9H10F3NO/c10-7-3-9(12)8(11)2-5(7)1-6(14)4-13/h2-3,6,14H,1,4,13H2. The van der Waals surface area contributed by atoms with E-state index in [0.29, 0.717) is 6.07 Å². The predicted octanol–water partition coefficient (Wildman–Crippen LogP) is 0.966. The molecule has 0 heterocycles. The third kappa shape index (κ3) is 2.46. The van der Waals surface area contributed by atoms with Crippen molar-refractivity contribution in [1.29, 1.82) is 0 Å². The fraction of sp³-hybridized carbons (Fsp3) is 0.333. The van der Waals surface area contributed by atoms with E-state index in [1.54, 1.807) is 0 Å². The maximum Gasteiger partial charge on any atom is 0.161 e. The Labute approximate surface area is 79.2 Å². The second kappa shape index (κ2) is 4.43. The monoisotopic (exact) mass is 205 g/mol. The Kier molecular flexibility index (Phi) is 3.49. The van der Waals surface area contributed by atoms with E-state index in [1.165, 1.54) is 0 Å². The summed E-state index contributed by atoms with van der Waals surface area (Å²) in [7, 11) is 0. The molecule has 0 saturated carbocycles. The van der Waals surface area contributed by atoms with Crippen LogP contribution in [0.5, 0.6) is 0 Å². The van der Waals surface area contributed by atoms with Crippen LogP contribution in [0.4, 0.5) is 13.2 Å². The minimum absolute atomic E-state index is 0.0571. The van der Waals surface area contributed by atoms with Crippen LogP contribution in [0.3, 0.4) is 0 Å². The van der Waals surface area contributed by atoms with Crippen molar-refractivity contribution >= 4 is 0 Å². The summed E-state index contributed by atoms with van der Waals surface area (Å²) >= 11 is 0. The van der Waals surface area contributed by atoms with E-state index in [-0.39, 0.29) is 18.5 Å². The maximum absolute atomic E-state index is 13.0. The maximum atomic E-state index is 13.0. The lowest BCUT2D eigenvalue weighted by molar-refractivity contribution is 0.182. The molecule has 0 aliphatic rings. The molecule has 0 fully saturated rings. The highest BCUT2D eigenvalue weighted by Crippen LogP contribution is 2.15. The number of nitrogens with two attached hydrogens (primary N) is 1. The van der Waals surface area contributed by atoms with Crippen LogP contribution in [0.15, 0.2) is 12.1 Å². The quantitative estimate of drug-likeness (QED) is 0.722. The van der Waals surface area contributed by atoms with Gasteiger partial charge in [-0.1, -0.05) is 0 Å². The molecule has 1 unspecified atom stereocenters. The molecule has 0 bridgehead atoms. The third-order valence-corrected chi connectivity index (χ3v) is 1.82. The van der Waals surface area contributed by atoms with Gasteiger partial charge in [-0.3, -0.25) is 0 Å². The SMILES string of the molecule is NCC(O)Cc1cc(F)c(F)cc1F. The van der Waals surface area contributed by atoms with Crippen LogP contribution in [-0.2, 0) is 6.42 Å². The molecule has 14 heavy (non-hydrogen) atoms. The first-order chi connectivity index (χ1) is 6.54. The molecule has 3 N–H and O–H groups in total. The summed E-state index contributed by atoms with van der Waals surface area (Å²) in [6.07, 6.45) is -1.08. The first-order valence-electron chi connectivity index (χ1n) is 4.06. The van der Waals surface area contributed by atoms with Gasteiger partial charge in [0, 0.05) is 19.0 Å². The van der Waals surface area contributed by atoms with Gasteiger partial charge in [0.25, 0.3) is 0 Å². The zero-order valence-electron chi connectivity index (χ0n) is 7.30. The van der Waals surface area contributed by atoms with Crippen molar-refractivity contribution in [3.8, 4) is 0 Å². The van der Waals surface area contributed by atoms with E-state index in [1.807, 2.05) is 0 Å². The Morgan fingerprint density at radius 2 is 1.71 bits per heavy atom. The average Bonchev–Trinajstić information content (AvgIpc) is 2.14. The van der Waals surface area contributed by atoms with Crippen molar-refractivity contribution in [2.45, 2.75) is 12.5 Å². The highest BCUT2D eigenvalue weighted by atomic mass is 19.2. The van der Waals surface area contributed by atoms with Crippen LogP contribution >= 0.6 is 0 Å². The van der Waals surface area contributed by atoms with Gasteiger partial charge in [0.2, 0.25) is 0 Å². The summed E-state index contributed by atoms with van der Waals surface area (Å²) in [5, 5.41) is 9.09. The first-order valence-corrected chi connectivity index (χ1v) is 4.06. The van der Waals surface area contributed by atoms with E-state index in [2.05, 4.69) is 0 Å². The summed E-state index contributed by atoms with van der Waals surface area (Å²) in [4.78, 5) is 0. The molecule has 1 aromatic carbocycles. The van der Waals surface area contributed by atoms with Crippen molar-refractivity contribution < 1.29 is 18.3 Å². The van der Waals surface area contributed by atoms with E-state index in [9.17, 15) is 13.2 Å². The molecular formula is C9H10F3NO. The molecule has 1 atom stereocenters. The van der Waals surface area contributed by atoms with Crippen molar-refractivity contribution in [3.63, 3.8) is 0 Å². The minimum Gasteiger partial charge on any atom is -0.391 e. The third-order valence-electron chi connectivity index (χ3n) is 1.82. The van der Waals surface area contributed by atoms with Gasteiger partial charge in [-0.2, -0.15) is 0 Å². The fourth-order valence-electron chi connectivity index (χ4n) is 1.06. The van der Waals surface area contributed by atoms with Crippen LogP contribution in [0, 0.1) is 17.5 Å². The van der Waals surface area contributed by atoms with Crippen LogP contribution < -0.4 is 5.73 Å². The molecule has 0 amide bonds. The smallest absolute Gasteiger partial charge is 0.161 e. The van der Waals surface area contributed by atoms with Gasteiger partial charge in [0.15, 0.2) is 11.6 Å². The zero-order valence-corrected chi connectivity index (χ0v) is 7.30. The van der Waals surface area contributed by atoms with Crippen LogP contribution in [0.25, 0.3) is 0 Å². The van der Waals surface area contributed by atoms with Crippen LogP contribution in [0.2, 0.25) is 0 Å². The van der Waals surface area contributed by atoms with Crippen molar-refractivity contribution in [2.75, 3.05) is 6.54 Å². The molecule has 1 aromatic rings. The molecule has 0 aliphatic heterocycles. The summed E-state index contributed by atoms with van der Waals surface area (Å²) < 4.78 is 38.1. The number of benzene rings is 1. The highest BCUT2D eigenvalue weighted by molar-refractivity contribution is 5.20. The van der Waals surface area contributed by atoms with Gasteiger partial charge in [-0.15, -0.1) is 0 Å². The fourth-order valence-corrected chi connectivity index (χ4v) is 1.06. The number of aliphatic hydroxyl groups excluding tert-OH is 1. The minimum atomic E-state index is -1.24. The zero-order chi connectivity index (χ0) is 10.7. The van der Waals surface area contributed by atoms with Gasteiger partial charge < -0.3 is 10.8 Å². The largest absolute Gasteiger partial charge is 0.391 e. The van der Waals surface area contributed by atoms with Crippen LogP contribution in [-0.4, -0.2) is 17.8 Å². The lowest BCUT2D eigenvalue weighted by Crippen LogP contribution is -2.22. The Balaban J connectivity index is 2.92. The Morgan fingerprint density at radius 1 is 1.14 bits per heavy atom. The Bertz CT molecular complexity index is 330. The van der Waals surface area contributed by atoms with E-state index < -0.39 is 23.6 Å². The molecule has 0 radical (unpaired) electrons. The second-order valence-corrected chi connectivity index (χ2v) is 2.95. The summed E-state index contributed by atoms with van der Waals surface area (Å²) in [5.74, 6) is -3.25. The Morgan fingerprint density at radius 3 is 2.29 bits per heavy atom. The van der Waals surface area contributed by atoms with Gasteiger partial charge in [0.05, 0.1) is 6.10 Å². The van der Waals surface area contributed by atoms with Gasteiger partial charge in [-0.25, -0.2) is 13.2 Å². The second-order valence-electron chi connectivity index (χ2n) is 2.95. The van der Waals surface area contributed by atoms with Crippen LogP contribution in [0.1, 0.15) is 5.56 Å². The van der Waals surface area contributed by atoms with Gasteiger partial charge >= 0.3 is 0 Å². The Hall–Kier alpha value is -1.07. The van der Waals surface area contributed by atoms with E-state index >= 15 is 0 Å². The number of halogens is 3. The molecule has 1 rings (SSSR count). The molecule has 2 nitrogen and oxygen atoms in total. The topological polar surface area (TPSA) is 46.2 Å². The number of rotatable bonds is 3. The number of hydrogen-bond donors (Lipinski definition) is 2. The van der Waals surface area contributed by atoms with Crippen molar-refractivity contribution in [3.05, 3.63) is 35.1 Å². The molecule has 0 spiro atoms. The lowest BCUT2D eigenvalue weighted by atomic mass is 10.1. The highest BCUT2D eigenvalue weighted by Gasteiger charge is 2.12. The molecule has 0 aliphatic carbocycles. The molecule has 5 heteroatoms. The van der Waals surface area contributed by atoms with E-state index in [0.717, 1.165) is 6.07 Å². The normalized spacial score (nSPS) is 12.9. The predicted molar refractivity (Wildman–Crippen MR) is 45.1 cm³/mol. The number of hydrogen-bond acceptors (Lipinski definition) is 2. The number of aliphatic hydroxyl groups is 1. The summed E-state index contributed by atoms with van der Waals surface area (Å²) in [6.45, 7) is -0.0571. The van der Waals surface area contributed by atoms with Gasteiger partial charge in [-0.05, 0) is 11.6 Å². The molecule has 0 aromatic heterocycles.